The highest BCUT2D eigenvalue weighted by molar-refractivity contribution is 5.55. The van der Waals surface area contributed by atoms with Crippen LogP contribution in [0.15, 0.2) is 42.5 Å². The first-order valence-electron chi connectivity index (χ1n) is 6.95. The molecule has 2 aromatic carbocycles. The molecule has 0 fully saturated rings. The molecule has 0 saturated heterocycles. The van der Waals surface area contributed by atoms with E-state index in [2.05, 4.69) is 23.5 Å². The number of nitrogens with one attached hydrogen (secondary N) is 1. The van der Waals surface area contributed by atoms with Crippen LogP contribution in [0.1, 0.15) is 29.5 Å². The number of hydrogen-bond donors (Lipinski definition) is 2. The molecule has 19 heavy (non-hydrogen) atoms. The fourth-order valence-electron chi connectivity index (χ4n) is 2.76. The molecule has 0 unspecified atom stereocenters. The molecule has 0 saturated carbocycles. The Labute approximate surface area is 114 Å². The van der Waals surface area contributed by atoms with Gasteiger partial charge in [-0.25, -0.2) is 0 Å². The van der Waals surface area contributed by atoms with Gasteiger partial charge in [0.25, 0.3) is 0 Å². The van der Waals surface area contributed by atoms with E-state index in [0.29, 0.717) is 5.75 Å². The molecular weight excluding hydrogens is 234 g/mol. The standard InChI is InChI=1S/C17H19NO/c19-15-10-8-13(9-11-15)12-18-17-7-3-5-14-4-1-2-6-16(14)17/h3,5,7-11,18-19H,1-2,4,6,12H2. The molecule has 0 amide bonds. The van der Waals surface area contributed by atoms with Crippen molar-refractivity contribution >= 4 is 5.69 Å². The highest BCUT2D eigenvalue weighted by atomic mass is 16.3. The Morgan fingerprint density at radius 3 is 2.58 bits per heavy atom. The van der Waals surface area contributed by atoms with Crippen LogP contribution in [0.3, 0.4) is 0 Å². The van der Waals surface area contributed by atoms with E-state index >= 15 is 0 Å². The van der Waals surface area contributed by atoms with E-state index in [4.69, 9.17) is 0 Å². The maximum atomic E-state index is 9.28. The minimum absolute atomic E-state index is 0.320. The summed E-state index contributed by atoms with van der Waals surface area (Å²) in [6, 6.07) is 13.9. The van der Waals surface area contributed by atoms with Crippen molar-refractivity contribution < 1.29 is 5.11 Å². The molecule has 2 N–H and O–H groups in total. The molecule has 0 heterocycles. The van der Waals surface area contributed by atoms with Crippen LogP contribution in [-0.2, 0) is 19.4 Å². The summed E-state index contributed by atoms with van der Waals surface area (Å²) in [5.74, 6) is 0.320. The van der Waals surface area contributed by atoms with Crippen LogP contribution in [0, 0.1) is 0 Å². The van der Waals surface area contributed by atoms with E-state index in [9.17, 15) is 5.11 Å². The minimum Gasteiger partial charge on any atom is -0.508 e. The van der Waals surface area contributed by atoms with Crippen molar-refractivity contribution in [2.24, 2.45) is 0 Å². The normalized spacial score (nSPS) is 13.9. The summed E-state index contributed by atoms with van der Waals surface area (Å²) in [5, 5.41) is 12.8. The lowest BCUT2D eigenvalue weighted by Crippen LogP contribution is -2.08. The maximum absolute atomic E-state index is 9.28. The van der Waals surface area contributed by atoms with Crippen molar-refractivity contribution in [1.29, 1.82) is 0 Å². The Bertz CT molecular complexity index is 560. The second-order valence-corrected chi connectivity index (χ2v) is 5.17. The zero-order valence-corrected chi connectivity index (χ0v) is 11.0. The molecule has 0 radical (unpaired) electrons. The number of fused-ring (bicyclic) bond motifs is 1. The third-order valence-electron chi connectivity index (χ3n) is 3.82. The van der Waals surface area contributed by atoms with Crippen molar-refractivity contribution in [3.05, 3.63) is 59.2 Å². The van der Waals surface area contributed by atoms with Gasteiger partial charge >= 0.3 is 0 Å². The average molecular weight is 253 g/mol. The Morgan fingerprint density at radius 1 is 0.947 bits per heavy atom. The van der Waals surface area contributed by atoms with Crippen LogP contribution in [0.5, 0.6) is 5.75 Å². The lowest BCUT2D eigenvalue weighted by Gasteiger charge is -2.20. The van der Waals surface area contributed by atoms with Crippen molar-refractivity contribution in [3.8, 4) is 5.75 Å². The Morgan fingerprint density at radius 2 is 1.74 bits per heavy atom. The molecule has 0 spiro atoms. The van der Waals surface area contributed by atoms with Crippen molar-refractivity contribution in [3.63, 3.8) is 0 Å². The molecule has 2 aromatic rings. The van der Waals surface area contributed by atoms with Crippen LogP contribution in [0.2, 0.25) is 0 Å². The monoisotopic (exact) mass is 253 g/mol. The topological polar surface area (TPSA) is 32.3 Å². The van der Waals surface area contributed by atoms with Gasteiger partial charge in [-0.2, -0.15) is 0 Å². The molecule has 3 rings (SSSR count). The number of anilines is 1. The maximum Gasteiger partial charge on any atom is 0.115 e. The number of rotatable bonds is 3. The molecule has 2 nitrogen and oxygen atoms in total. The van der Waals surface area contributed by atoms with Gasteiger partial charge in [0.15, 0.2) is 0 Å². The third kappa shape index (κ3) is 2.73. The molecule has 2 heteroatoms. The summed E-state index contributed by atoms with van der Waals surface area (Å²) < 4.78 is 0. The molecule has 0 bridgehead atoms. The summed E-state index contributed by atoms with van der Waals surface area (Å²) in [4.78, 5) is 0. The second kappa shape index (κ2) is 5.35. The Hall–Kier alpha value is -1.96. The van der Waals surface area contributed by atoms with E-state index < -0.39 is 0 Å². The lowest BCUT2D eigenvalue weighted by molar-refractivity contribution is 0.475. The van der Waals surface area contributed by atoms with Gasteiger partial charge in [0.1, 0.15) is 5.75 Å². The lowest BCUT2D eigenvalue weighted by atomic mass is 9.90. The van der Waals surface area contributed by atoms with E-state index in [1.807, 2.05) is 12.1 Å². The van der Waals surface area contributed by atoms with Gasteiger partial charge in [0.05, 0.1) is 0 Å². The number of aromatic hydroxyl groups is 1. The third-order valence-corrected chi connectivity index (χ3v) is 3.82. The fraction of sp³-hybridized carbons (Fsp3) is 0.294. The summed E-state index contributed by atoms with van der Waals surface area (Å²) in [5.41, 5.74) is 5.45. The summed E-state index contributed by atoms with van der Waals surface area (Å²) in [6.45, 7) is 0.802. The van der Waals surface area contributed by atoms with Gasteiger partial charge in [0, 0.05) is 12.2 Å². The van der Waals surface area contributed by atoms with Crippen LogP contribution in [0.25, 0.3) is 0 Å². The number of phenolic OH excluding ortho intramolecular Hbond substituents is 1. The Balaban J connectivity index is 1.75. The van der Waals surface area contributed by atoms with Gasteiger partial charge in [-0.05, 0) is 60.6 Å². The van der Waals surface area contributed by atoms with Crippen LogP contribution >= 0.6 is 0 Å². The van der Waals surface area contributed by atoms with E-state index in [1.165, 1.54) is 48.1 Å². The van der Waals surface area contributed by atoms with Crippen molar-refractivity contribution in [2.75, 3.05) is 5.32 Å². The van der Waals surface area contributed by atoms with Crippen LogP contribution in [0.4, 0.5) is 5.69 Å². The Kier molecular flexibility index (Phi) is 3.41. The van der Waals surface area contributed by atoms with E-state index in [1.54, 1.807) is 12.1 Å². The number of phenols is 1. The van der Waals surface area contributed by atoms with Gasteiger partial charge in [-0.3, -0.25) is 0 Å². The molecular formula is C17H19NO. The minimum atomic E-state index is 0.320. The molecule has 98 valence electrons. The summed E-state index contributed by atoms with van der Waals surface area (Å²) >= 11 is 0. The van der Waals surface area contributed by atoms with E-state index in [-0.39, 0.29) is 0 Å². The molecule has 0 aliphatic heterocycles. The number of aryl methyl sites for hydroxylation is 1. The molecule has 1 aliphatic rings. The highest BCUT2D eigenvalue weighted by Crippen LogP contribution is 2.28. The predicted octanol–water partition coefficient (Wildman–Crippen LogP) is 3.88. The summed E-state index contributed by atoms with van der Waals surface area (Å²) in [6.07, 6.45) is 5.01. The zero-order chi connectivity index (χ0) is 13.1. The highest BCUT2D eigenvalue weighted by Gasteiger charge is 2.12. The van der Waals surface area contributed by atoms with E-state index in [0.717, 1.165) is 6.54 Å². The first-order chi connectivity index (χ1) is 9.33. The van der Waals surface area contributed by atoms with Gasteiger partial charge < -0.3 is 10.4 Å². The smallest absolute Gasteiger partial charge is 0.115 e. The van der Waals surface area contributed by atoms with Gasteiger partial charge in [-0.15, -0.1) is 0 Å². The largest absolute Gasteiger partial charge is 0.508 e. The molecule has 0 atom stereocenters. The average Bonchev–Trinajstić information content (AvgIpc) is 2.47. The molecule has 1 aliphatic carbocycles. The predicted molar refractivity (Wildman–Crippen MR) is 78.5 cm³/mol. The van der Waals surface area contributed by atoms with Crippen molar-refractivity contribution in [2.45, 2.75) is 32.2 Å². The first-order valence-corrected chi connectivity index (χ1v) is 6.95. The number of benzene rings is 2. The number of hydrogen-bond acceptors (Lipinski definition) is 2. The fourth-order valence-corrected chi connectivity index (χ4v) is 2.76. The van der Waals surface area contributed by atoms with Gasteiger partial charge in [0.2, 0.25) is 0 Å². The second-order valence-electron chi connectivity index (χ2n) is 5.17. The summed E-state index contributed by atoms with van der Waals surface area (Å²) in [7, 11) is 0. The molecule has 0 aromatic heterocycles. The van der Waals surface area contributed by atoms with Crippen LogP contribution < -0.4 is 5.32 Å². The van der Waals surface area contributed by atoms with Crippen molar-refractivity contribution in [1.82, 2.24) is 0 Å². The SMILES string of the molecule is Oc1ccc(CNc2cccc3c2CCCC3)cc1. The van der Waals surface area contributed by atoms with Gasteiger partial charge in [-0.1, -0.05) is 24.3 Å². The van der Waals surface area contributed by atoms with Crippen LogP contribution in [-0.4, -0.2) is 5.11 Å². The zero-order valence-electron chi connectivity index (χ0n) is 11.0. The first kappa shape index (κ1) is 12.1. The quantitative estimate of drug-likeness (QED) is 0.870.